The molecule has 0 unspecified atom stereocenters. The van der Waals surface area contributed by atoms with Gasteiger partial charge in [0.25, 0.3) is 0 Å². The number of hydrogen-bond acceptors (Lipinski definition) is 5. The molecule has 0 saturated heterocycles. The Labute approximate surface area is 125 Å². The minimum atomic E-state index is 0.405. The summed E-state index contributed by atoms with van der Waals surface area (Å²) in [5.41, 5.74) is 0.908. The number of hydrogen-bond donors (Lipinski definition) is 1. The van der Waals surface area contributed by atoms with Crippen molar-refractivity contribution in [3.63, 3.8) is 0 Å². The summed E-state index contributed by atoms with van der Waals surface area (Å²) in [4.78, 5) is 8.64. The third-order valence-electron chi connectivity index (χ3n) is 4.12. The minimum absolute atomic E-state index is 0.405. The molecule has 1 N–H and O–H groups in total. The van der Waals surface area contributed by atoms with Gasteiger partial charge in [0.05, 0.1) is 0 Å². The van der Waals surface area contributed by atoms with E-state index in [1.807, 2.05) is 12.1 Å². The van der Waals surface area contributed by atoms with Crippen molar-refractivity contribution in [1.29, 1.82) is 0 Å². The average molecular weight is 286 g/mol. The second-order valence-electron chi connectivity index (χ2n) is 5.70. The van der Waals surface area contributed by atoms with Gasteiger partial charge in [0.2, 0.25) is 11.7 Å². The van der Waals surface area contributed by atoms with Gasteiger partial charge in [-0.1, -0.05) is 12.1 Å². The van der Waals surface area contributed by atoms with Gasteiger partial charge >= 0.3 is 0 Å². The molecule has 21 heavy (non-hydrogen) atoms. The van der Waals surface area contributed by atoms with E-state index in [0.29, 0.717) is 17.8 Å². The van der Waals surface area contributed by atoms with Crippen LogP contribution in [-0.2, 0) is 0 Å². The highest BCUT2D eigenvalue weighted by Gasteiger charge is 2.26. The van der Waals surface area contributed by atoms with Crippen LogP contribution in [0.3, 0.4) is 0 Å². The summed E-state index contributed by atoms with van der Waals surface area (Å²) in [5.74, 6) is 1.83. The molecular formula is C16H22N4O. The highest BCUT2D eigenvalue weighted by atomic mass is 16.5. The highest BCUT2D eigenvalue weighted by molar-refractivity contribution is 5.51. The maximum absolute atomic E-state index is 5.47. The van der Waals surface area contributed by atoms with E-state index in [1.165, 1.54) is 19.3 Å². The van der Waals surface area contributed by atoms with E-state index in [4.69, 9.17) is 4.52 Å². The molecule has 112 valence electrons. The van der Waals surface area contributed by atoms with Crippen LogP contribution in [0.1, 0.15) is 50.8 Å². The molecule has 1 saturated carbocycles. The molecule has 0 atom stereocenters. The van der Waals surface area contributed by atoms with Gasteiger partial charge in [-0.3, -0.25) is 4.98 Å². The fourth-order valence-electron chi connectivity index (χ4n) is 2.91. The van der Waals surface area contributed by atoms with E-state index < -0.39 is 0 Å². The quantitative estimate of drug-likeness (QED) is 0.914. The van der Waals surface area contributed by atoms with Crippen LogP contribution in [0.15, 0.2) is 29.0 Å². The second-order valence-corrected chi connectivity index (χ2v) is 5.70. The zero-order valence-corrected chi connectivity index (χ0v) is 12.5. The minimum Gasteiger partial charge on any atom is -0.339 e. The van der Waals surface area contributed by atoms with Crippen molar-refractivity contribution < 1.29 is 4.52 Å². The number of rotatable bonds is 5. The Kier molecular flexibility index (Phi) is 4.60. The lowest BCUT2D eigenvalue weighted by molar-refractivity contribution is 0.283. The monoisotopic (exact) mass is 286 g/mol. The van der Waals surface area contributed by atoms with Gasteiger partial charge in [-0.05, 0) is 50.8 Å². The lowest BCUT2D eigenvalue weighted by Gasteiger charge is -2.27. The zero-order valence-electron chi connectivity index (χ0n) is 12.5. The Morgan fingerprint density at radius 3 is 2.86 bits per heavy atom. The van der Waals surface area contributed by atoms with Crippen molar-refractivity contribution in [3.05, 3.63) is 30.4 Å². The molecule has 5 nitrogen and oxygen atoms in total. The first-order valence-corrected chi connectivity index (χ1v) is 7.84. The first kappa shape index (κ1) is 14.2. The molecule has 5 heteroatoms. The summed E-state index contributed by atoms with van der Waals surface area (Å²) in [6.07, 6.45) is 9.32. The smallest absolute Gasteiger partial charge is 0.230 e. The van der Waals surface area contributed by atoms with Crippen molar-refractivity contribution in [2.45, 2.75) is 51.0 Å². The van der Waals surface area contributed by atoms with Gasteiger partial charge in [0, 0.05) is 29.9 Å². The van der Waals surface area contributed by atoms with Crippen LogP contribution < -0.4 is 5.32 Å². The summed E-state index contributed by atoms with van der Waals surface area (Å²) in [7, 11) is 0. The molecule has 0 spiro atoms. The molecule has 0 aliphatic heterocycles. The van der Waals surface area contributed by atoms with Crippen molar-refractivity contribution in [2.75, 3.05) is 6.54 Å². The topological polar surface area (TPSA) is 63.8 Å². The van der Waals surface area contributed by atoms with Gasteiger partial charge in [-0.15, -0.1) is 0 Å². The molecule has 0 amide bonds. The largest absolute Gasteiger partial charge is 0.339 e. The maximum atomic E-state index is 5.47. The fraction of sp³-hybridized carbons (Fsp3) is 0.562. The predicted molar refractivity (Wildman–Crippen MR) is 80.8 cm³/mol. The maximum Gasteiger partial charge on any atom is 0.230 e. The zero-order chi connectivity index (χ0) is 14.5. The summed E-state index contributed by atoms with van der Waals surface area (Å²) >= 11 is 0. The summed E-state index contributed by atoms with van der Waals surface area (Å²) < 4.78 is 5.47. The van der Waals surface area contributed by atoms with Gasteiger partial charge in [0.1, 0.15) is 0 Å². The van der Waals surface area contributed by atoms with E-state index in [1.54, 1.807) is 12.4 Å². The van der Waals surface area contributed by atoms with E-state index in [9.17, 15) is 0 Å². The molecule has 0 aromatic carbocycles. The van der Waals surface area contributed by atoms with Crippen LogP contribution in [0.2, 0.25) is 0 Å². The molecule has 2 aromatic heterocycles. The lowest BCUT2D eigenvalue weighted by Crippen LogP contribution is -2.33. The number of aromatic nitrogens is 3. The molecular weight excluding hydrogens is 264 g/mol. The standard InChI is InChI=1S/C16H22N4O/c1-2-9-18-14-7-5-12(6-8-14)16-19-15(20-21-16)13-4-3-10-17-11-13/h3-4,10-12,14,18H,2,5-9H2,1H3. The molecule has 1 aliphatic rings. The summed E-state index contributed by atoms with van der Waals surface area (Å²) in [6, 6.07) is 4.49. The van der Waals surface area contributed by atoms with Crippen LogP contribution in [-0.4, -0.2) is 27.7 Å². The van der Waals surface area contributed by atoms with Crippen molar-refractivity contribution >= 4 is 0 Å². The predicted octanol–water partition coefficient (Wildman–Crippen LogP) is 3.16. The molecule has 2 aromatic rings. The van der Waals surface area contributed by atoms with Crippen LogP contribution in [0.25, 0.3) is 11.4 Å². The van der Waals surface area contributed by atoms with Gasteiger partial charge in [-0.25, -0.2) is 0 Å². The number of pyridine rings is 1. The molecule has 3 rings (SSSR count). The Morgan fingerprint density at radius 1 is 1.29 bits per heavy atom. The third-order valence-corrected chi connectivity index (χ3v) is 4.12. The Balaban J connectivity index is 1.60. The van der Waals surface area contributed by atoms with Crippen LogP contribution in [0.5, 0.6) is 0 Å². The molecule has 1 aliphatic carbocycles. The first-order chi connectivity index (χ1) is 10.4. The van der Waals surface area contributed by atoms with E-state index in [-0.39, 0.29) is 0 Å². The second kappa shape index (κ2) is 6.80. The van der Waals surface area contributed by atoms with Crippen LogP contribution >= 0.6 is 0 Å². The van der Waals surface area contributed by atoms with Crippen LogP contribution in [0.4, 0.5) is 0 Å². The summed E-state index contributed by atoms with van der Waals surface area (Å²) in [6.45, 7) is 3.32. The van der Waals surface area contributed by atoms with Crippen molar-refractivity contribution in [2.24, 2.45) is 0 Å². The van der Waals surface area contributed by atoms with E-state index in [2.05, 4.69) is 27.4 Å². The Morgan fingerprint density at radius 2 is 2.14 bits per heavy atom. The number of nitrogens with one attached hydrogen (secondary N) is 1. The van der Waals surface area contributed by atoms with Crippen molar-refractivity contribution in [1.82, 2.24) is 20.4 Å². The number of nitrogens with zero attached hydrogens (tertiary/aromatic N) is 3. The normalized spacial score (nSPS) is 22.3. The highest BCUT2D eigenvalue weighted by Crippen LogP contribution is 2.32. The van der Waals surface area contributed by atoms with Gasteiger partial charge in [-0.2, -0.15) is 4.98 Å². The first-order valence-electron chi connectivity index (χ1n) is 7.84. The Bertz CT molecular complexity index is 546. The fourth-order valence-corrected chi connectivity index (χ4v) is 2.91. The van der Waals surface area contributed by atoms with Gasteiger partial charge < -0.3 is 9.84 Å². The molecule has 2 heterocycles. The molecule has 0 bridgehead atoms. The lowest BCUT2D eigenvalue weighted by atomic mass is 9.86. The Hall–Kier alpha value is -1.75. The summed E-state index contributed by atoms with van der Waals surface area (Å²) in [5, 5.41) is 7.69. The van der Waals surface area contributed by atoms with E-state index >= 15 is 0 Å². The SMILES string of the molecule is CCCNC1CCC(c2nc(-c3cccnc3)no2)CC1. The van der Waals surface area contributed by atoms with E-state index in [0.717, 1.165) is 30.8 Å². The van der Waals surface area contributed by atoms with Gasteiger partial charge in [0.15, 0.2) is 0 Å². The molecule has 1 fully saturated rings. The van der Waals surface area contributed by atoms with Crippen LogP contribution in [0, 0.1) is 0 Å². The van der Waals surface area contributed by atoms with Crippen molar-refractivity contribution in [3.8, 4) is 11.4 Å². The third kappa shape index (κ3) is 3.47. The molecule has 0 radical (unpaired) electrons. The average Bonchev–Trinajstić information content (AvgIpc) is 3.04.